The van der Waals surface area contributed by atoms with Gasteiger partial charge in [0.15, 0.2) is 5.82 Å². The summed E-state index contributed by atoms with van der Waals surface area (Å²) in [5.41, 5.74) is 5.08. The summed E-state index contributed by atoms with van der Waals surface area (Å²) in [6.07, 6.45) is 5.22. The van der Waals surface area contributed by atoms with Crippen molar-refractivity contribution in [2.45, 2.75) is 13.5 Å². The van der Waals surface area contributed by atoms with Crippen LogP contribution >= 0.6 is 0 Å². The molecular weight excluding hydrogens is 401 g/mol. The van der Waals surface area contributed by atoms with Gasteiger partial charge < -0.3 is 5.32 Å². The maximum absolute atomic E-state index is 14.0. The molecule has 1 N–H and O–H groups in total. The number of rotatable bonds is 5. The number of fused-ring (bicyclic) bond motifs is 1. The van der Waals surface area contributed by atoms with E-state index in [0.29, 0.717) is 18.2 Å². The first-order chi connectivity index (χ1) is 15.7. The van der Waals surface area contributed by atoms with Crippen molar-refractivity contribution in [1.29, 1.82) is 0 Å². The maximum Gasteiger partial charge on any atom is 0.163 e. The monoisotopic (exact) mass is 421 g/mol. The summed E-state index contributed by atoms with van der Waals surface area (Å²) in [7, 11) is 0. The van der Waals surface area contributed by atoms with Crippen LogP contribution in [-0.4, -0.2) is 19.9 Å². The number of halogens is 1. The molecule has 0 bridgehead atoms. The van der Waals surface area contributed by atoms with E-state index < -0.39 is 0 Å². The number of aromatic nitrogens is 4. The standard InChI is InChI=1S/C26H20FN5/c1-17-11-20(13-21(27)12-17)18-7-8-23-24(14-18)31-25(19-5-4-9-28-15-19)32-26(23)30-16-22-6-2-3-10-29-22/h2-15H,16H2,1H3,(H,30,31,32). The molecule has 0 saturated carbocycles. The predicted molar refractivity (Wildman–Crippen MR) is 124 cm³/mol. The minimum Gasteiger partial charge on any atom is -0.364 e. The topological polar surface area (TPSA) is 63.6 Å². The van der Waals surface area contributed by atoms with Crippen LogP contribution < -0.4 is 5.32 Å². The fourth-order valence-corrected chi connectivity index (χ4v) is 3.65. The van der Waals surface area contributed by atoms with E-state index in [1.54, 1.807) is 18.6 Å². The Morgan fingerprint density at radius 3 is 2.56 bits per heavy atom. The molecule has 6 heteroatoms. The molecule has 156 valence electrons. The summed E-state index contributed by atoms with van der Waals surface area (Å²) in [4.78, 5) is 18.1. The van der Waals surface area contributed by atoms with Crippen LogP contribution in [0.4, 0.5) is 10.2 Å². The Morgan fingerprint density at radius 1 is 0.844 bits per heavy atom. The van der Waals surface area contributed by atoms with E-state index in [-0.39, 0.29) is 5.82 Å². The molecule has 5 rings (SSSR count). The second-order valence-electron chi connectivity index (χ2n) is 7.56. The summed E-state index contributed by atoms with van der Waals surface area (Å²) in [6, 6.07) is 20.5. The highest BCUT2D eigenvalue weighted by Gasteiger charge is 2.12. The third kappa shape index (κ3) is 4.16. The van der Waals surface area contributed by atoms with E-state index in [9.17, 15) is 4.39 Å². The van der Waals surface area contributed by atoms with Crippen molar-refractivity contribution in [1.82, 2.24) is 19.9 Å². The normalized spacial score (nSPS) is 10.9. The van der Waals surface area contributed by atoms with Gasteiger partial charge in [-0.05, 0) is 72.1 Å². The Hall–Kier alpha value is -4.19. The van der Waals surface area contributed by atoms with Gasteiger partial charge in [-0.3, -0.25) is 9.97 Å². The van der Waals surface area contributed by atoms with Gasteiger partial charge in [-0.25, -0.2) is 14.4 Å². The molecule has 0 aliphatic heterocycles. The van der Waals surface area contributed by atoms with E-state index in [0.717, 1.165) is 38.9 Å². The zero-order valence-electron chi connectivity index (χ0n) is 17.5. The van der Waals surface area contributed by atoms with Crippen molar-refractivity contribution in [2.24, 2.45) is 0 Å². The first-order valence-electron chi connectivity index (χ1n) is 10.3. The van der Waals surface area contributed by atoms with Crippen LogP contribution in [0.25, 0.3) is 33.4 Å². The molecule has 3 heterocycles. The summed E-state index contributed by atoms with van der Waals surface area (Å²) in [5, 5.41) is 4.28. The van der Waals surface area contributed by atoms with Gasteiger partial charge in [0.2, 0.25) is 0 Å². The lowest BCUT2D eigenvalue weighted by molar-refractivity contribution is 0.627. The molecular formula is C26H20FN5. The van der Waals surface area contributed by atoms with Gasteiger partial charge in [0.05, 0.1) is 17.8 Å². The molecule has 5 nitrogen and oxygen atoms in total. The number of pyridine rings is 2. The number of aryl methyl sites for hydroxylation is 1. The SMILES string of the molecule is Cc1cc(F)cc(-c2ccc3c(NCc4ccccn4)nc(-c4cccnc4)nc3c2)c1. The molecule has 0 spiro atoms. The lowest BCUT2D eigenvalue weighted by Gasteiger charge is -2.12. The van der Waals surface area contributed by atoms with E-state index in [2.05, 4.69) is 15.3 Å². The van der Waals surface area contributed by atoms with Crippen LogP contribution in [0.3, 0.4) is 0 Å². The van der Waals surface area contributed by atoms with E-state index in [1.807, 2.05) is 61.5 Å². The third-order valence-corrected chi connectivity index (χ3v) is 5.16. The molecule has 32 heavy (non-hydrogen) atoms. The van der Waals surface area contributed by atoms with Crippen LogP contribution in [0.5, 0.6) is 0 Å². The number of anilines is 1. The van der Waals surface area contributed by atoms with Crippen LogP contribution in [0.1, 0.15) is 11.3 Å². The number of nitrogens with one attached hydrogen (secondary N) is 1. The minimum atomic E-state index is -0.253. The Bertz CT molecular complexity index is 1370. The van der Waals surface area contributed by atoms with E-state index >= 15 is 0 Å². The van der Waals surface area contributed by atoms with Crippen molar-refractivity contribution in [3.05, 3.63) is 102 Å². The third-order valence-electron chi connectivity index (χ3n) is 5.16. The fourth-order valence-electron chi connectivity index (χ4n) is 3.65. The minimum absolute atomic E-state index is 0.253. The zero-order chi connectivity index (χ0) is 21.9. The molecule has 0 unspecified atom stereocenters. The molecule has 0 radical (unpaired) electrons. The molecule has 2 aromatic carbocycles. The van der Waals surface area contributed by atoms with Crippen molar-refractivity contribution in [2.75, 3.05) is 5.32 Å². The summed E-state index contributed by atoms with van der Waals surface area (Å²) < 4.78 is 14.0. The number of hydrogen-bond acceptors (Lipinski definition) is 5. The van der Waals surface area contributed by atoms with Crippen LogP contribution in [0.15, 0.2) is 85.3 Å². The van der Waals surface area contributed by atoms with Crippen molar-refractivity contribution in [3.8, 4) is 22.5 Å². The molecule has 0 aliphatic rings. The first kappa shape index (κ1) is 19.8. The molecule has 0 aliphatic carbocycles. The van der Waals surface area contributed by atoms with Gasteiger partial charge in [0, 0.05) is 29.5 Å². The average molecular weight is 421 g/mol. The largest absolute Gasteiger partial charge is 0.364 e. The molecule has 5 aromatic rings. The van der Waals surface area contributed by atoms with Crippen LogP contribution in [0.2, 0.25) is 0 Å². The van der Waals surface area contributed by atoms with Crippen LogP contribution in [0, 0.1) is 12.7 Å². The van der Waals surface area contributed by atoms with E-state index in [4.69, 9.17) is 9.97 Å². The van der Waals surface area contributed by atoms with Gasteiger partial charge >= 0.3 is 0 Å². The van der Waals surface area contributed by atoms with Crippen molar-refractivity contribution in [3.63, 3.8) is 0 Å². The smallest absolute Gasteiger partial charge is 0.163 e. The fraction of sp³-hybridized carbons (Fsp3) is 0.0769. The van der Waals surface area contributed by atoms with Gasteiger partial charge in [-0.2, -0.15) is 0 Å². The average Bonchev–Trinajstić information content (AvgIpc) is 2.82. The Kier molecular flexibility index (Phi) is 5.25. The van der Waals surface area contributed by atoms with Gasteiger partial charge in [-0.1, -0.05) is 18.2 Å². The molecule has 0 amide bonds. The predicted octanol–water partition coefficient (Wildman–Crippen LogP) is 5.81. The van der Waals surface area contributed by atoms with Gasteiger partial charge in [0.25, 0.3) is 0 Å². The highest BCUT2D eigenvalue weighted by atomic mass is 19.1. The second-order valence-corrected chi connectivity index (χ2v) is 7.56. The number of hydrogen-bond donors (Lipinski definition) is 1. The quantitative estimate of drug-likeness (QED) is 0.388. The Morgan fingerprint density at radius 2 is 1.78 bits per heavy atom. The highest BCUT2D eigenvalue weighted by molar-refractivity contribution is 5.93. The van der Waals surface area contributed by atoms with Crippen molar-refractivity contribution < 1.29 is 4.39 Å². The first-order valence-corrected chi connectivity index (χ1v) is 10.3. The Labute approximate surface area is 185 Å². The molecule has 3 aromatic heterocycles. The molecule has 0 atom stereocenters. The Balaban J connectivity index is 1.62. The van der Waals surface area contributed by atoms with Gasteiger partial charge in [-0.15, -0.1) is 0 Å². The summed E-state index contributed by atoms with van der Waals surface area (Å²) >= 11 is 0. The molecule has 0 fully saturated rings. The lowest BCUT2D eigenvalue weighted by Crippen LogP contribution is -2.05. The highest BCUT2D eigenvalue weighted by Crippen LogP contribution is 2.30. The zero-order valence-corrected chi connectivity index (χ0v) is 17.5. The van der Waals surface area contributed by atoms with Crippen LogP contribution in [-0.2, 0) is 6.54 Å². The van der Waals surface area contributed by atoms with E-state index in [1.165, 1.54) is 12.1 Å². The second kappa shape index (κ2) is 8.51. The van der Waals surface area contributed by atoms with Crippen molar-refractivity contribution >= 4 is 16.7 Å². The summed E-state index contributed by atoms with van der Waals surface area (Å²) in [5.74, 6) is 1.03. The number of nitrogens with zero attached hydrogens (tertiary/aromatic N) is 4. The van der Waals surface area contributed by atoms with Gasteiger partial charge in [0.1, 0.15) is 11.6 Å². The lowest BCUT2D eigenvalue weighted by atomic mass is 10.0. The maximum atomic E-state index is 14.0. The summed E-state index contributed by atoms with van der Waals surface area (Å²) in [6.45, 7) is 2.42. The number of benzene rings is 2. The molecule has 0 saturated heterocycles.